The molecule has 0 atom stereocenters. The third kappa shape index (κ3) is 4.80. The van der Waals surface area contributed by atoms with Gasteiger partial charge in [0, 0.05) is 5.39 Å². The molecule has 0 spiro atoms. The third-order valence-electron chi connectivity index (χ3n) is 3.98. The molecule has 11 heteroatoms. The van der Waals surface area contributed by atoms with Crippen molar-refractivity contribution in [3.8, 4) is 5.75 Å². The van der Waals surface area contributed by atoms with Crippen molar-refractivity contribution in [2.75, 3.05) is 0 Å². The fraction of sp³-hybridized carbons (Fsp3) is 0.0556. The predicted octanol–water partition coefficient (Wildman–Crippen LogP) is 2.52. The SMILES string of the molecule is Cc1ccc(N=Nc2c([O-])c(C(=O)[O-])cc3ccccc23)c(S(=O)(=O)O)c1Cl.[Sr+2]. The van der Waals surface area contributed by atoms with Crippen LogP contribution in [0.4, 0.5) is 11.4 Å². The van der Waals surface area contributed by atoms with Gasteiger partial charge in [-0.2, -0.15) is 13.5 Å². The van der Waals surface area contributed by atoms with Crippen LogP contribution in [0.25, 0.3) is 10.8 Å². The summed E-state index contributed by atoms with van der Waals surface area (Å²) in [4.78, 5) is 10.6. The average molecular weight is 506 g/mol. The molecule has 3 aromatic rings. The number of carbonyl (C=O) groups excluding carboxylic acids is 1. The molecule has 3 rings (SSSR count). The molecule has 0 saturated heterocycles. The normalized spacial score (nSPS) is 11.6. The number of fused-ring (bicyclic) bond motifs is 1. The maximum atomic E-state index is 12.5. The Kier molecular flexibility index (Phi) is 7.44. The molecule has 0 saturated carbocycles. The van der Waals surface area contributed by atoms with Crippen LogP contribution < -0.4 is 10.2 Å². The third-order valence-corrected chi connectivity index (χ3v) is 5.51. The number of benzene rings is 3. The van der Waals surface area contributed by atoms with Crippen molar-refractivity contribution in [3.63, 3.8) is 0 Å². The van der Waals surface area contributed by atoms with Gasteiger partial charge in [-0.15, -0.1) is 5.11 Å². The number of nitrogens with zero attached hydrogens (tertiary/aromatic N) is 2. The molecule has 0 bridgehead atoms. The Balaban J connectivity index is 0.00000300. The Bertz CT molecular complexity index is 1260. The summed E-state index contributed by atoms with van der Waals surface area (Å²) in [5, 5.41) is 31.7. The van der Waals surface area contributed by atoms with Gasteiger partial charge in [-0.3, -0.25) is 4.55 Å². The summed E-state index contributed by atoms with van der Waals surface area (Å²) < 4.78 is 32.8. The Hall–Kier alpha value is -1.53. The van der Waals surface area contributed by atoms with Crippen molar-refractivity contribution in [2.24, 2.45) is 10.2 Å². The van der Waals surface area contributed by atoms with Gasteiger partial charge < -0.3 is 15.0 Å². The van der Waals surface area contributed by atoms with E-state index in [1.54, 1.807) is 18.2 Å². The minimum atomic E-state index is -4.73. The molecule has 3 aromatic carbocycles. The van der Waals surface area contributed by atoms with Gasteiger partial charge in [0.05, 0.1) is 16.7 Å². The largest absolute Gasteiger partial charge is 2.00 e. The number of carboxylic acids is 1. The molecule has 0 radical (unpaired) electrons. The number of hydrogen-bond donors (Lipinski definition) is 1. The Morgan fingerprint density at radius 2 is 1.79 bits per heavy atom. The minimum absolute atomic E-state index is 0. The van der Waals surface area contributed by atoms with Crippen molar-refractivity contribution in [1.29, 1.82) is 0 Å². The van der Waals surface area contributed by atoms with Crippen molar-refractivity contribution < 1.29 is 28.0 Å². The molecule has 1 N–H and O–H groups in total. The van der Waals surface area contributed by atoms with E-state index in [4.69, 9.17) is 11.6 Å². The van der Waals surface area contributed by atoms with Gasteiger partial charge in [0.1, 0.15) is 10.6 Å². The zero-order valence-electron chi connectivity index (χ0n) is 14.9. The molecule has 144 valence electrons. The Morgan fingerprint density at radius 3 is 2.41 bits per heavy atom. The van der Waals surface area contributed by atoms with Crippen molar-refractivity contribution in [2.45, 2.75) is 11.8 Å². The molecule has 0 aliphatic heterocycles. The molecule has 0 aromatic heterocycles. The Labute approximate surface area is 207 Å². The summed E-state index contributed by atoms with van der Waals surface area (Å²) in [6.45, 7) is 1.53. The monoisotopic (exact) mass is 506 g/mol. The fourth-order valence-electron chi connectivity index (χ4n) is 2.63. The van der Waals surface area contributed by atoms with Gasteiger partial charge in [-0.05, 0) is 35.6 Å². The van der Waals surface area contributed by atoms with Gasteiger partial charge in [0.15, 0.2) is 0 Å². The first-order chi connectivity index (χ1) is 13.1. The minimum Gasteiger partial charge on any atom is -0.871 e. The summed E-state index contributed by atoms with van der Waals surface area (Å²) in [5.41, 5.74) is -0.845. The van der Waals surface area contributed by atoms with E-state index < -0.39 is 32.3 Å². The molecular formula is C18H11ClN2O6SSr. The summed E-state index contributed by atoms with van der Waals surface area (Å²) in [5.74, 6) is -2.61. The van der Waals surface area contributed by atoms with E-state index in [0.717, 1.165) is 0 Å². The first kappa shape index (κ1) is 23.7. The van der Waals surface area contributed by atoms with Crippen molar-refractivity contribution in [1.82, 2.24) is 0 Å². The zero-order chi connectivity index (χ0) is 20.6. The van der Waals surface area contributed by atoms with Crippen LogP contribution in [0.15, 0.2) is 57.6 Å². The molecule has 0 fully saturated rings. The molecule has 29 heavy (non-hydrogen) atoms. The first-order valence-corrected chi connectivity index (χ1v) is 9.55. The molecule has 0 amide bonds. The van der Waals surface area contributed by atoms with E-state index >= 15 is 0 Å². The maximum absolute atomic E-state index is 12.5. The quantitative estimate of drug-likeness (QED) is 0.327. The van der Waals surface area contributed by atoms with E-state index in [9.17, 15) is 28.0 Å². The molecule has 0 unspecified atom stereocenters. The van der Waals surface area contributed by atoms with Crippen LogP contribution in [0.2, 0.25) is 5.02 Å². The van der Waals surface area contributed by atoms with Crippen LogP contribution in [0, 0.1) is 6.92 Å². The van der Waals surface area contributed by atoms with Gasteiger partial charge in [0.2, 0.25) is 0 Å². The van der Waals surface area contributed by atoms with E-state index in [2.05, 4.69) is 10.2 Å². The number of aromatic carboxylic acids is 1. The van der Waals surface area contributed by atoms with Crippen molar-refractivity contribution >= 4 is 95.3 Å². The van der Waals surface area contributed by atoms with Gasteiger partial charge in [-0.25, -0.2) is 0 Å². The predicted molar refractivity (Wildman–Crippen MR) is 104 cm³/mol. The van der Waals surface area contributed by atoms with E-state index in [1.165, 1.54) is 31.2 Å². The second-order valence-electron chi connectivity index (χ2n) is 5.83. The van der Waals surface area contributed by atoms with Crippen LogP contribution in [0.3, 0.4) is 0 Å². The van der Waals surface area contributed by atoms with E-state index in [0.29, 0.717) is 16.3 Å². The summed E-state index contributed by atoms with van der Waals surface area (Å²) in [7, 11) is -4.73. The number of halogens is 1. The molecule has 0 aliphatic carbocycles. The fourth-order valence-corrected chi connectivity index (χ4v) is 3.85. The van der Waals surface area contributed by atoms with E-state index in [-0.39, 0.29) is 61.9 Å². The van der Waals surface area contributed by atoms with Gasteiger partial charge in [0.25, 0.3) is 10.1 Å². The average Bonchev–Trinajstić information content (AvgIpc) is 2.62. The summed E-state index contributed by atoms with van der Waals surface area (Å²) >= 11 is 5.97. The maximum Gasteiger partial charge on any atom is 2.00 e. The number of carbonyl (C=O) groups is 1. The second kappa shape index (κ2) is 9.09. The molecule has 0 heterocycles. The zero-order valence-corrected chi connectivity index (χ0v) is 20.0. The second-order valence-corrected chi connectivity index (χ2v) is 7.57. The number of azo groups is 1. The van der Waals surface area contributed by atoms with Gasteiger partial charge >= 0.3 is 45.5 Å². The summed E-state index contributed by atoms with van der Waals surface area (Å²) in [6.07, 6.45) is 0. The standard InChI is InChI=1S/C18H13ClN2O6S.Sr/c1-9-6-7-13(17(14(9)19)28(25,26)27)20-21-15-11-5-3-2-4-10(11)8-12(16(15)22)18(23)24;/h2-8,22H,1H3,(H,23,24)(H,25,26,27);/q;+2/p-2. The van der Waals surface area contributed by atoms with E-state index in [1.807, 2.05) is 0 Å². The smallest absolute Gasteiger partial charge is 0.871 e. The topological polar surface area (TPSA) is 142 Å². The Morgan fingerprint density at radius 1 is 1.14 bits per heavy atom. The number of hydrogen-bond acceptors (Lipinski definition) is 7. The van der Waals surface area contributed by atoms with Crippen LogP contribution in [0.5, 0.6) is 5.75 Å². The molecule has 8 nitrogen and oxygen atoms in total. The van der Waals surface area contributed by atoms with Crippen LogP contribution in [-0.4, -0.2) is 64.4 Å². The van der Waals surface area contributed by atoms with Crippen LogP contribution in [0.1, 0.15) is 15.9 Å². The number of rotatable bonds is 4. The van der Waals surface area contributed by atoms with Crippen LogP contribution in [-0.2, 0) is 10.1 Å². The molecular weight excluding hydrogens is 495 g/mol. The summed E-state index contributed by atoms with van der Waals surface area (Å²) in [6, 6.07) is 10.2. The van der Waals surface area contributed by atoms with Gasteiger partial charge in [-0.1, -0.05) is 47.7 Å². The van der Waals surface area contributed by atoms with Crippen LogP contribution >= 0.6 is 11.6 Å². The number of aryl methyl sites for hydroxylation is 1. The van der Waals surface area contributed by atoms with Crippen molar-refractivity contribution in [3.05, 3.63) is 58.6 Å². The molecule has 0 aliphatic rings. The number of carboxylic acid groups (broad SMARTS) is 1. The first-order valence-electron chi connectivity index (χ1n) is 7.73.